The van der Waals surface area contributed by atoms with Crippen LogP contribution in [0.25, 0.3) is 0 Å². The summed E-state index contributed by atoms with van der Waals surface area (Å²) < 4.78 is 0. The van der Waals surface area contributed by atoms with Gasteiger partial charge in [0, 0.05) is 0 Å². The molecule has 1 aliphatic rings. The van der Waals surface area contributed by atoms with Gasteiger partial charge in [-0.25, -0.2) is 0 Å². The summed E-state index contributed by atoms with van der Waals surface area (Å²) >= 11 is 0. The largest absolute Gasteiger partial charge is 0.325 e. The van der Waals surface area contributed by atoms with Crippen molar-refractivity contribution in [3.05, 3.63) is 6.42 Å². The Morgan fingerprint density at radius 3 is 2.62 bits per heavy atom. The molecule has 1 aliphatic carbocycles. The minimum absolute atomic E-state index is 0. The van der Waals surface area contributed by atoms with Crippen molar-refractivity contribution >= 4 is 0 Å². The van der Waals surface area contributed by atoms with Gasteiger partial charge >= 0.3 is 0 Å². The average Bonchev–Trinajstić information content (AvgIpc) is 2.14. The molecule has 0 N–H and O–H groups in total. The average molecular weight is 364 g/mol. The molecule has 1 saturated carbocycles. The molecular weight excluding hydrogens is 351 g/mol. The fourth-order valence-electron chi connectivity index (χ4n) is 1.22. The van der Waals surface area contributed by atoms with Gasteiger partial charge < -0.3 is 6.42 Å². The van der Waals surface area contributed by atoms with Crippen LogP contribution >= 0.6 is 0 Å². The van der Waals surface area contributed by atoms with Gasteiger partial charge in [0.15, 0.2) is 0 Å². The zero-order chi connectivity index (χ0) is 5.11. The maximum atomic E-state index is 2.46. The van der Waals surface area contributed by atoms with Gasteiger partial charge in [-0.3, -0.25) is 0 Å². The van der Waals surface area contributed by atoms with Crippen LogP contribution in [0.1, 0.15) is 32.6 Å². The van der Waals surface area contributed by atoms with Crippen LogP contribution in [-0.4, -0.2) is 0 Å². The van der Waals surface area contributed by atoms with Gasteiger partial charge in [-0.05, 0) is 0 Å². The Morgan fingerprint density at radius 1 is 1.62 bits per heavy atom. The van der Waals surface area contributed by atoms with E-state index < -0.39 is 0 Å². The number of rotatable bonds is 1. The third kappa shape index (κ3) is 1.25. The first-order valence-corrected chi connectivity index (χ1v) is 3.27. The van der Waals surface area contributed by atoms with Crippen LogP contribution < -0.4 is 0 Å². The Balaban J connectivity index is 0.000000490. The van der Waals surface area contributed by atoms with Crippen LogP contribution in [0.15, 0.2) is 0 Å². The van der Waals surface area contributed by atoms with Crippen molar-refractivity contribution in [2.24, 2.45) is 5.92 Å². The van der Waals surface area contributed by atoms with Crippen LogP contribution in [0.3, 0.4) is 0 Å². The molecule has 0 aromatic heterocycles. The second kappa shape index (κ2) is 3.06. The molecular formula is C7H13Rf-. The monoisotopic (exact) mass is 364 g/mol. The summed E-state index contributed by atoms with van der Waals surface area (Å²) in [6.45, 7) is 2.27. The molecule has 8 heavy (non-hydrogen) atoms. The van der Waals surface area contributed by atoms with E-state index in [9.17, 15) is 0 Å². The standard InChI is InChI=1S/C7H13.Rf/c1-2-7-5-3-4-6-7;/h5,7H,2-4,6H2,1H3;/q-1;. The molecule has 1 unspecified atom stereocenters. The zero-order valence-corrected chi connectivity index (χ0v) is 12.1. The zero-order valence-electron chi connectivity index (χ0n) is 5.69. The summed E-state index contributed by atoms with van der Waals surface area (Å²) in [6.07, 6.45) is 8.09. The molecule has 0 aromatic rings. The Morgan fingerprint density at radius 2 is 2.38 bits per heavy atom. The molecule has 0 spiro atoms. The minimum atomic E-state index is 0. The third-order valence-electron chi connectivity index (χ3n) is 1.80. The van der Waals surface area contributed by atoms with Crippen molar-refractivity contribution in [2.45, 2.75) is 32.6 Å². The number of hydrogen-bond donors (Lipinski definition) is 0. The van der Waals surface area contributed by atoms with Crippen LogP contribution in [0.2, 0.25) is 0 Å². The summed E-state index contributed by atoms with van der Waals surface area (Å²) in [5, 5.41) is 0. The molecule has 1 rings (SSSR count). The molecule has 0 heterocycles. The molecule has 44 valence electrons. The molecule has 0 amide bonds. The number of hydrogen-bond acceptors (Lipinski definition) is 0. The summed E-state index contributed by atoms with van der Waals surface area (Å²) in [4.78, 5) is 0. The Kier molecular flexibility index (Phi) is 2.68. The van der Waals surface area contributed by atoms with Crippen molar-refractivity contribution in [2.75, 3.05) is 0 Å². The summed E-state index contributed by atoms with van der Waals surface area (Å²) in [5.41, 5.74) is 0. The Bertz CT molecular complexity index is 46.3. The van der Waals surface area contributed by atoms with Gasteiger partial charge in [-0.1, -0.05) is 26.2 Å². The molecule has 0 aromatic carbocycles. The van der Waals surface area contributed by atoms with Gasteiger partial charge in [-0.15, -0.1) is 0 Å². The maximum Gasteiger partial charge on any atom is 0 e. The van der Waals surface area contributed by atoms with Crippen LogP contribution in [0.5, 0.6) is 0 Å². The quantitative estimate of drug-likeness (QED) is 0.627. The summed E-state index contributed by atoms with van der Waals surface area (Å²) in [5.74, 6) is 0.972. The SMILES string of the molecule is CCC1[CH-]CCC1.[Rf]. The summed E-state index contributed by atoms with van der Waals surface area (Å²) in [7, 11) is 0. The van der Waals surface area contributed by atoms with Gasteiger partial charge in [0.05, 0.1) is 0 Å². The van der Waals surface area contributed by atoms with E-state index in [0.29, 0.717) is 0 Å². The van der Waals surface area contributed by atoms with Crippen LogP contribution in [0.4, 0.5) is 0 Å². The fraction of sp³-hybridized carbons (Fsp3) is 0.857. The van der Waals surface area contributed by atoms with E-state index in [1.54, 1.807) is 0 Å². The smallest absolute Gasteiger partial charge is 0 e. The van der Waals surface area contributed by atoms with Gasteiger partial charge in [0.2, 0.25) is 0 Å². The van der Waals surface area contributed by atoms with Crippen molar-refractivity contribution in [1.82, 2.24) is 0 Å². The van der Waals surface area contributed by atoms with E-state index in [2.05, 4.69) is 13.3 Å². The first kappa shape index (κ1) is 7.00. The van der Waals surface area contributed by atoms with Crippen molar-refractivity contribution in [3.8, 4) is 0 Å². The molecule has 0 radical (unpaired) electrons. The van der Waals surface area contributed by atoms with Crippen LogP contribution in [-0.2, 0) is 0 Å². The predicted octanol–water partition coefficient (Wildman–Crippen LogP) is 2.40. The maximum absolute atomic E-state index is 2.46. The van der Waals surface area contributed by atoms with E-state index in [1.165, 1.54) is 25.7 Å². The normalized spacial score (nSPS) is 27.4. The van der Waals surface area contributed by atoms with Crippen LogP contribution in [0, 0.1) is 12.3 Å². The molecule has 0 bridgehead atoms. The first-order chi connectivity index (χ1) is 3.43. The Hall–Kier alpha value is -1.00. The minimum Gasteiger partial charge on any atom is -0.325 e. The molecule has 0 saturated heterocycles. The van der Waals surface area contributed by atoms with E-state index in [4.69, 9.17) is 0 Å². The molecule has 0 aliphatic heterocycles. The third-order valence-corrected chi connectivity index (χ3v) is 1.80. The summed E-state index contributed by atoms with van der Waals surface area (Å²) in [6, 6.07) is 0. The fourth-order valence-corrected chi connectivity index (χ4v) is 1.22. The van der Waals surface area contributed by atoms with Crippen molar-refractivity contribution < 1.29 is 0 Å². The molecule has 1 heteroatoms. The van der Waals surface area contributed by atoms with Gasteiger partial charge in [-0.2, -0.15) is 12.3 Å². The predicted molar refractivity (Wildman–Crippen MR) is 31.9 cm³/mol. The molecule has 1 fully saturated rings. The van der Waals surface area contributed by atoms with E-state index in [1.807, 2.05) is 0 Å². The van der Waals surface area contributed by atoms with E-state index in [0.717, 1.165) is 5.92 Å². The van der Waals surface area contributed by atoms with Crippen molar-refractivity contribution in [3.63, 3.8) is 0 Å². The van der Waals surface area contributed by atoms with Crippen molar-refractivity contribution in [1.29, 1.82) is 0 Å². The van der Waals surface area contributed by atoms with Gasteiger partial charge in [0.25, 0.3) is 0 Å². The van der Waals surface area contributed by atoms with Gasteiger partial charge in [0.1, 0.15) is 0 Å². The Labute approximate surface area is 45.9 Å². The first-order valence-electron chi connectivity index (χ1n) is 3.27. The molecule has 1 atom stereocenters. The second-order valence-corrected chi connectivity index (χ2v) is 2.33. The topological polar surface area (TPSA) is 0 Å². The van der Waals surface area contributed by atoms with E-state index in [-0.39, 0.29) is 0 Å². The van der Waals surface area contributed by atoms with E-state index >= 15 is 0 Å². The second-order valence-electron chi connectivity index (χ2n) is 2.33. The molecule has 0 nitrogen and oxygen atoms in total.